The molecule has 0 saturated heterocycles. The number of hydrogen-bond donors (Lipinski definition) is 2. The van der Waals surface area contributed by atoms with Gasteiger partial charge in [0.2, 0.25) is 0 Å². The van der Waals surface area contributed by atoms with Crippen molar-refractivity contribution in [2.75, 3.05) is 25.3 Å². The Hall–Kier alpha value is -2.39. The van der Waals surface area contributed by atoms with E-state index in [1.165, 1.54) is 29.8 Å². The smallest absolute Gasteiger partial charge is 0.413 e. The zero-order chi connectivity index (χ0) is 15.7. The molecule has 9 heteroatoms. The Morgan fingerprint density at radius 3 is 2.77 bits per heavy atom. The molecule has 2 heterocycles. The van der Waals surface area contributed by atoms with Crippen LogP contribution in [0.25, 0.3) is 21.5 Å². The first kappa shape index (κ1) is 14.5. The van der Waals surface area contributed by atoms with Crippen molar-refractivity contribution in [1.29, 1.82) is 0 Å². The second-order valence-electron chi connectivity index (χ2n) is 4.20. The number of ether oxygens (including phenoxy) is 2. The minimum atomic E-state index is -0.572. The predicted octanol–water partition coefficient (Wildman–Crippen LogP) is 3.19. The number of amides is 1. The summed E-state index contributed by atoms with van der Waals surface area (Å²) in [7, 11) is 2.87. The maximum absolute atomic E-state index is 11.3. The number of thiazole rings is 2. The summed E-state index contributed by atoms with van der Waals surface area (Å²) in [6, 6.07) is 3.71. The summed E-state index contributed by atoms with van der Waals surface area (Å²) in [6.45, 7) is 0. The van der Waals surface area contributed by atoms with Crippen molar-refractivity contribution in [3.8, 4) is 17.0 Å². The fraction of sp³-hybridized carbons (Fsp3) is 0.154. The summed E-state index contributed by atoms with van der Waals surface area (Å²) in [4.78, 5) is 20.0. The van der Waals surface area contributed by atoms with Crippen molar-refractivity contribution in [3.05, 3.63) is 17.5 Å². The van der Waals surface area contributed by atoms with Gasteiger partial charge in [0, 0.05) is 10.9 Å². The molecule has 0 fully saturated rings. The van der Waals surface area contributed by atoms with Gasteiger partial charge in [-0.05, 0) is 12.1 Å². The molecule has 0 bridgehead atoms. The quantitative estimate of drug-likeness (QED) is 0.762. The third-order valence-corrected chi connectivity index (χ3v) is 4.60. The highest BCUT2D eigenvalue weighted by atomic mass is 32.1. The molecule has 3 N–H and O–H groups in total. The standard InChI is InChI=1S/C13H12N4O3S2/c1-19-8-4-3-6(7-5-21-11(14)15-7)10-9(8)16-12(22-10)17-13(18)20-2/h3-5H,1-2H3,(H2,14,15)(H,16,17,18). The molecule has 0 atom stereocenters. The van der Waals surface area contributed by atoms with Gasteiger partial charge in [-0.3, -0.25) is 5.32 Å². The van der Waals surface area contributed by atoms with E-state index >= 15 is 0 Å². The number of benzene rings is 1. The van der Waals surface area contributed by atoms with Crippen molar-refractivity contribution in [1.82, 2.24) is 9.97 Å². The number of carbonyl (C=O) groups is 1. The molecule has 114 valence electrons. The van der Waals surface area contributed by atoms with Gasteiger partial charge in [0.15, 0.2) is 10.3 Å². The molecule has 0 saturated carbocycles. The molecule has 0 radical (unpaired) electrons. The molecule has 2 aromatic heterocycles. The summed E-state index contributed by atoms with van der Waals surface area (Å²) in [5, 5.41) is 5.37. The summed E-state index contributed by atoms with van der Waals surface area (Å²) in [6.07, 6.45) is -0.572. The van der Waals surface area contributed by atoms with Crippen LogP contribution in [0.3, 0.4) is 0 Å². The lowest BCUT2D eigenvalue weighted by Crippen LogP contribution is -2.10. The van der Waals surface area contributed by atoms with Crippen LogP contribution >= 0.6 is 22.7 Å². The maximum atomic E-state index is 11.3. The van der Waals surface area contributed by atoms with Crippen LogP contribution in [-0.4, -0.2) is 30.3 Å². The van der Waals surface area contributed by atoms with Crippen molar-refractivity contribution in [2.45, 2.75) is 0 Å². The molecule has 1 aromatic carbocycles. The van der Waals surface area contributed by atoms with Crippen LogP contribution < -0.4 is 15.8 Å². The SMILES string of the molecule is COC(=O)Nc1nc2c(OC)ccc(-c3csc(N)n3)c2s1. The minimum Gasteiger partial charge on any atom is -0.494 e. The first-order valence-corrected chi connectivity index (χ1v) is 7.86. The molecule has 0 spiro atoms. The topological polar surface area (TPSA) is 99.4 Å². The van der Waals surface area contributed by atoms with E-state index in [4.69, 9.17) is 10.5 Å². The fourth-order valence-corrected chi connectivity index (χ4v) is 3.51. The largest absolute Gasteiger partial charge is 0.494 e. The Morgan fingerprint density at radius 2 is 2.14 bits per heavy atom. The molecule has 7 nitrogen and oxygen atoms in total. The van der Waals surface area contributed by atoms with Gasteiger partial charge in [0.05, 0.1) is 24.6 Å². The number of methoxy groups -OCH3 is 2. The molecule has 22 heavy (non-hydrogen) atoms. The lowest BCUT2D eigenvalue weighted by atomic mass is 10.1. The second-order valence-corrected chi connectivity index (χ2v) is 6.09. The van der Waals surface area contributed by atoms with Crippen LogP contribution in [0.15, 0.2) is 17.5 Å². The van der Waals surface area contributed by atoms with Gasteiger partial charge in [-0.1, -0.05) is 11.3 Å². The zero-order valence-corrected chi connectivity index (χ0v) is 13.4. The molecule has 0 aliphatic carbocycles. The fourth-order valence-electron chi connectivity index (χ4n) is 1.95. The van der Waals surface area contributed by atoms with Crippen LogP contribution in [0.4, 0.5) is 15.1 Å². The Balaban J connectivity index is 2.15. The van der Waals surface area contributed by atoms with Gasteiger partial charge < -0.3 is 15.2 Å². The van der Waals surface area contributed by atoms with Gasteiger partial charge in [0.1, 0.15) is 11.3 Å². The first-order chi connectivity index (χ1) is 10.6. The van der Waals surface area contributed by atoms with Gasteiger partial charge in [-0.2, -0.15) is 0 Å². The lowest BCUT2D eigenvalue weighted by Gasteiger charge is -2.03. The molecular weight excluding hydrogens is 324 g/mol. The predicted molar refractivity (Wildman–Crippen MR) is 87.7 cm³/mol. The van der Waals surface area contributed by atoms with Crippen molar-refractivity contribution in [2.24, 2.45) is 0 Å². The molecule has 0 unspecified atom stereocenters. The summed E-state index contributed by atoms with van der Waals surface area (Å²) in [5.74, 6) is 0.621. The Labute approximate surface area is 133 Å². The van der Waals surface area contributed by atoms with Crippen LogP contribution in [-0.2, 0) is 4.74 Å². The third-order valence-electron chi connectivity index (χ3n) is 2.92. The zero-order valence-electron chi connectivity index (χ0n) is 11.7. The first-order valence-electron chi connectivity index (χ1n) is 6.16. The van der Waals surface area contributed by atoms with Gasteiger partial charge in [-0.15, -0.1) is 11.3 Å². The number of fused-ring (bicyclic) bond motifs is 1. The van der Waals surface area contributed by atoms with Crippen LogP contribution in [0, 0.1) is 0 Å². The van der Waals surface area contributed by atoms with E-state index in [0.717, 1.165) is 16.0 Å². The molecule has 1 amide bonds. The van der Waals surface area contributed by atoms with Crippen molar-refractivity contribution < 1.29 is 14.3 Å². The normalized spacial score (nSPS) is 10.6. The number of hydrogen-bond acceptors (Lipinski definition) is 8. The van der Waals surface area contributed by atoms with Crippen LogP contribution in [0.5, 0.6) is 5.75 Å². The van der Waals surface area contributed by atoms with E-state index in [1.54, 1.807) is 7.11 Å². The Morgan fingerprint density at radius 1 is 1.32 bits per heavy atom. The van der Waals surface area contributed by atoms with E-state index in [9.17, 15) is 4.79 Å². The van der Waals surface area contributed by atoms with Gasteiger partial charge >= 0.3 is 6.09 Å². The number of rotatable bonds is 3. The second kappa shape index (κ2) is 5.78. The summed E-state index contributed by atoms with van der Waals surface area (Å²) in [5.41, 5.74) is 8.01. The number of carbonyl (C=O) groups excluding carboxylic acids is 1. The number of aromatic nitrogens is 2. The van der Waals surface area contributed by atoms with Gasteiger partial charge in [-0.25, -0.2) is 14.8 Å². The highest BCUT2D eigenvalue weighted by Gasteiger charge is 2.17. The maximum Gasteiger partial charge on any atom is 0.413 e. The highest BCUT2D eigenvalue weighted by Crippen LogP contribution is 2.40. The van der Waals surface area contributed by atoms with E-state index in [1.807, 2.05) is 17.5 Å². The van der Waals surface area contributed by atoms with E-state index in [2.05, 4.69) is 20.0 Å². The number of nitrogens with two attached hydrogens (primary N) is 1. The minimum absolute atomic E-state index is 0.427. The molecule has 0 aliphatic heterocycles. The lowest BCUT2D eigenvalue weighted by molar-refractivity contribution is 0.187. The Bertz CT molecular complexity index is 843. The third kappa shape index (κ3) is 2.55. The van der Waals surface area contributed by atoms with Crippen molar-refractivity contribution >= 4 is 49.2 Å². The van der Waals surface area contributed by atoms with E-state index < -0.39 is 6.09 Å². The highest BCUT2D eigenvalue weighted by molar-refractivity contribution is 7.23. The van der Waals surface area contributed by atoms with Crippen LogP contribution in [0.2, 0.25) is 0 Å². The van der Waals surface area contributed by atoms with Gasteiger partial charge in [0.25, 0.3) is 0 Å². The summed E-state index contributed by atoms with van der Waals surface area (Å²) < 4.78 is 10.8. The van der Waals surface area contributed by atoms with Crippen molar-refractivity contribution in [3.63, 3.8) is 0 Å². The van der Waals surface area contributed by atoms with E-state index in [0.29, 0.717) is 21.5 Å². The Kier molecular flexibility index (Phi) is 3.82. The monoisotopic (exact) mass is 336 g/mol. The van der Waals surface area contributed by atoms with E-state index in [-0.39, 0.29) is 0 Å². The molecule has 3 aromatic rings. The average Bonchev–Trinajstić information content (AvgIpc) is 3.12. The number of anilines is 2. The molecule has 0 aliphatic rings. The number of nitrogens with zero attached hydrogens (tertiary/aromatic N) is 2. The number of nitrogens with one attached hydrogen (secondary N) is 1. The molecule has 3 rings (SSSR count). The number of nitrogen functional groups attached to an aromatic ring is 1. The van der Waals surface area contributed by atoms with Crippen LogP contribution in [0.1, 0.15) is 0 Å². The summed E-state index contributed by atoms with van der Waals surface area (Å²) >= 11 is 2.69. The average molecular weight is 336 g/mol. The molecular formula is C13H12N4O3S2.